The van der Waals surface area contributed by atoms with Crippen LogP contribution in [0.4, 0.5) is 5.69 Å². The van der Waals surface area contributed by atoms with Crippen LogP contribution in [-0.2, 0) is 4.79 Å². The minimum Gasteiger partial charge on any atom is -0.376 e. The molecule has 0 aromatic carbocycles. The summed E-state index contributed by atoms with van der Waals surface area (Å²) in [7, 11) is 0. The molecule has 0 saturated heterocycles. The minimum atomic E-state index is -0.467. The van der Waals surface area contributed by atoms with Crippen LogP contribution in [0.15, 0.2) is 24.4 Å². The fourth-order valence-corrected chi connectivity index (χ4v) is 7.10. The third-order valence-electron chi connectivity index (χ3n) is 8.08. The summed E-state index contributed by atoms with van der Waals surface area (Å²) >= 11 is 7.62. The van der Waals surface area contributed by atoms with E-state index >= 15 is 0 Å². The number of halogens is 1. The Morgan fingerprint density at radius 2 is 1.97 bits per heavy atom. The number of rotatable bonds is 10. The highest BCUT2D eigenvalue weighted by Crippen LogP contribution is 2.57. The van der Waals surface area contributed by atoms with Crippen molar-refractivity contribution in [3.05, 3.63) is 44.9 Å². The molecular weight excluding hydrogens is 480 g/mol. The van der Waals surface area contributed by atoms with Gasteiger partial charge in [0.15, 0.2) is 0 Å². The van der Waals surface area contributed by atoms with Gasteiger partial charge in [-0.2, -0.15) is 0 Å². The summed E-state index contributed by atoms with van der Waals surface area (Å²) in [4.78, 5) is 32.5. The van der Waals surface area contributed by atoms with E-state index in [-0.39, 0.29) is 23.4 Å². The highest BCUT2D eigenvalue weighted by Gasteiger charge is 2.57. The van der Waals surface area contributed by atoms with Crippen molar-refractivity contribution >= 4 is 40.4 Å². The normalized spacial score (nSPS) is 24.7. The van der Waals surface area contributed by atoms with E-state index in [4.69, 9.17) is 11.6 Å². The molecular formula is C27H35ClN4O2S. The molecule has 2 amide bonds. The Bertz CT molecular complexity index is 1080. The summed E-state index contributed by atoms with van der Waals surface area (Å²) < 4.78 is 0. The van der Waals surface area contributed by atoms with Crippen molar-refractivity contribution in [2.75, 3.05) is 5.32 Å². The molecule has 0 radical (unpaired) electrons. The minimum absolute atomic E-state index is 0.00258. The van der Waals surface area contributed by atoms with Gasteiger partial charge in [-0.3, -0.25) is 14.6 Å². The first-order chi connectivity index (χ1) is 16.8. The second kappa shape index (κ2) is 10.1. The summed E-state index contributed by atoms with van der Waals surface area (Å²) in [6.07, 6.45) is 11.3. The van der Waals surface area contributed by atoms with Gasteiger partial charge in [0.2, 0.25) is 5.91 Å². The quantitative estimate of drug-likeness (QED) is 0.362. The standard InChI is InChI=1S/C27H35ClN4O2S/c1-3-20(30-21-11-19(28)15-29-16(21)2)23-8-9-24(35-23)26(34)31-22(10-17-6-4-5-7-17)25(33)32-27-12-18(13-27)14-27/h8-9,11,15,17-18,20,22,30H,3-7,10,12-14H2,1-2H3,(H,31,34)(H,32,33). The van der Waals surface area contributed by atoms with Crippen LogP contribution >= 0.6 is 22.9 Å². The van der Waals surface area contributed by atoms with Gasteiger partial charge in [-0.05, 0) is 69.1 Å². The van der Waals surface area contributed by atoms with E-state index in [0.29, 0.717) is 15.8 Å². The number of aryl methyl sites for hydroxylation is 1. The van der Waals surface area contributed by atoms with E-state index in [0.717, 1.165) is 67.1 Å². The Hall–Kier alpha value is -2.12. The molecule has 2 atom stereocenters. The lowest BCUT2D eigenvalue weighted by molar-refractivity contribution is -0.135. The zero-order chi connectivity index (χ0) is 24.6. The summed E-state index contributed by atoms with van der Waals surface area (Å²) in [6.45, 7) is 4.05. The van der Waals surface area contributed by atoms with Crippen molar-refractivity contribution in [2.24, 2.45) is 11.8 Å². The molecule has 2 unspecified atom stereocenters. The summed E-state index contributed by atoms with van der Waals surface area (Å²) in [6, 6.07) is 5.33. The second-order valence-electron chi connectivity index (χ2n) is 10.8. The maximum atomic E-state index is 13.2. The number of hydrogen-bond acceptors (Lipinski definition) is 5. The van der Waals surface area contributed by atoms with Crippen LogP contribution in [0, 0.1) is 18.8 Å². The number of aromatic nitrogens is 1. The van der Waals surface area contributed by atoms with Gasteiger partial charge in [-0.15, -0.1) is 11.3 Å². The highest BCUT2D eigenvalue weighted by atomic mass is 35.5. The molecule has 35 heavy (non-hydrogen) atoms. The van der Waals surface area contributed by atoms with Crippen molar-refractivity contribution in [2.45, 2.75) is 89.3 Å². The number of hydrogen-bond donors (Lipinski definition) is 3. The maximum Gasteiger partial charge on any atom is 0.262 e. The lowest BCUT2D eigenvalue weighted by Gasteiger charge is -2.62. The Kier molecular flexibility index (Phi) is 7.09. The third-order valence-corrected chi connectivity index (χ3v) is 9.48. The lowest BCUT2D eigenvalue weighted by atomic mass is 9.50. The van der Waals surface area contributed by atoms with E-state index in [1.54, 1.807) is 6.20 Å². The van der Waals surface area contributed by atoms with Crippen LogP contribution in [0.25, 0.3) is 0 Å². The SMILES string of the molecule is CCC(Nc1cc(Cl)cnc1C)c1ccc(C(=O)NC(CC2CCCC2)C(=O)NC23CC(C2)C3)s1. The van der Waals surface area contributed by atoms with Gasteiger partial charge in [0.25, 0.3) is 5.91 Å². The van der Waals surface area contributed by atoms with Crippen molar-refractivity contribution in [3.8, 4) is 0 Å². The number of pyridine rings is 1. The van der Waals surface area contributed by atoms with Crippen molar-refractivity contribution in [3.63, 3.8) is 0 Å². The zero-order valence-corrected chi connectivity index (χ0v) is 22.1. The van der Waals surface area contributed by atoms with Crippen LogP contribution in [0.1, 0.15) is 91.0 Å². The monoisotopic (exact) mass is 514 g/mol. The predicted molar refractivity (Wildman–Crippen MR) is 141 cm³/mol. The molecule has 2 aromatic heterocycles. The highest BCUT2D eigenvalue weighted by molar-refractivity contribution is 7.14. The molecule has 2 bridgehead atoms. The molecule has 0 aliphatic heterocycles. The van der Waals surface area contributed by atoms with Crippen LogP contribution in [0.2, 0.25) is 5.02 Å². The van der Waals surface area contributed by atoms with E-state index < -0.39 is 6.04 Å². The van der Waals surface area contributed by atoms with Gasteiger partial charge in [0.05, 0.1) is 27.3 Å². The molecule has 4 fully saturated rings. The number of anilines is 1. The Morgan fingerprint density at radius 3 is 2.63 bits per heavy atom. The van der Waals surface area contributed by atoms with E-state index in [1.807, 2.05) is 25.1 Å². The number of carbonyl (C=O) groups excluding carboxylic acids is 2. The largest absolute Gasteiger partial charge is 0.376 e. The van der Waals surface area contributed by atoms with Crippen LogP contribution < -0.4 is 16.0 Å². The molecule has 8 heteroatoms. The lowest BCUT2D eigenvalue weighted by Crippen LogP contribution is -2.70. The van der Waals surface area contributed by atoms with E-state index in [1.165, 1.54) is 24.2 Å². The van der Waals surface area contributed by atoms with Crippen molar-refractivity contribution in [1.29, 1.82) is 0 Å². The Morgan fingerprint density at radius 1 is 1.23 bits per heavy atom. The summed E-state index contributed by atoms with van der Waals surface area (Å²) in [5, 5.41) is 10.5. The van der Waals surface area contributed by atoms with Crippen LogP contribution in [-0.4, -0.2) is 28.4 Å². The van der Waals surface area contributed by atoms with Crippen LogP contribution in [0.3, 0.4) is 0 Å². The molecule has 6 rings (SSSR count). The van der Waals surface area contributed by atoms with Crippen molar-refractivity contribution in [1.82, 2.24) is 15.6 Å². The number of amides is 2. The molecule has 4 aliphatic rings. The topological polar surface area (TPSA) is 83.1 Å². The number of carbonyl (C=O) groups is 2. The van der Waals surface area contributed by atoms with E-state index in [2.05, 4.69) is 27.9 Å². The molecule has 188 valence electrons. The van der Waals surface area contributed by atoms with Gasteiger partial charge in [-0.25, -0.2) is 0 Å². The van der Waals surface area contributed by atoms with Crippen molar-refractivity contribution < 1.29 is 9.59 Å². The molecule has 4 saturated carbocycles. The molecule has 0 spiro atoms. The van der Waals surface area contributed by atoms with Crippen LogP contribution in [0.5, 0.6) is 0 Å². The summed E-state index contributed by atoms with van der Waals surface area (Å²) in [5.41, 5.74) is 1.79. The first-order valence-electron chi connectivity index (χ1n) is 13.0. The smallest absolute Gasteiger partial charge is 0.262 e. The Labute approximate surface area is 216 Å². The molecule has 6 nitrogen and oxygen atoms in total. The average molecular weight is 515 g/mol. The molecule has 2 aromatic rings. The average Bonchev–Trinajstić information content (AvgIpc) is 3.47. The zero-order valence-electron chi connectivity index (χ0n) is 20.5. The first kappa shape index (κ1) is 24.6. The van der Waals surface area contributed by atoms with Gasteiger partial charge in [0, 0.05) is 16.6 Å². The number of nitrogens with zero attached hydrogens (tertiary/aromatic N) is 1. The number of nitrogens with one attached hydrogen (secondary N) is 3. The molecule has 4 aliphatic carbocycles. The number of thiophene rings is 1. The van der Waals surface area contributed by atoms with Gasteiger partial charge >= 0.3 is 0 Å². The van der Waals surface area contributed by atoms with E-state index in [9.17, 15) is 9.59 Å². The Balaban J connectivity index is 1.26. The molecule has 2 heterocycles. The molecule has 3 N–H and O–H groups in total. The predicted octanol–water partition coefficient (Wildman–Crippen LogP) is 6.02. The third kappa shape index (κ3) is 5.36. The fourth-order valence-electron chi connectivity index (χ4n) is 5.90. The van der Waals surface area contributed by atoms with Gasteiger partial charge in [-0.1, -0.05) is 44.2 Å². The second-order valence-corrected chi connectivity index (χ2v) is 12.3. The van der Waals surface area contributed by atoms with Gasteiger partial charge < -0.3 is 16.0 Å². The maximum absolute atomic E-state index is 13.2. The fraction of sp³-hybridized carbons (Fsp3) is 0.593. The van der Waals surface area contributed by atoms with Gasteiger partial charge in [0.1, 0.15) is 6.04 Å². The first-order valence-corrected chi connectivity index (χ1v) is 14.1. The summed E-state index contributed by atoms with van der Waals surface area (Å²) in [5.74, 6) is 1.15.